The Morgan fingerprint density at radius 2 is 1.71 bits per heavy atom. The van der Waals surface area contributed by atoms with Crippen LogP contribution in [0.2, 0.25) is 0 Å². The molecule has 8 atom stereocenters. The Morgan fingerprint density at radius 1 is 1.00 bits per heavy atom. The molecule has 0 aromatic carbocycles. The van der Waals surface area contributed by atoms with Gasteiger partial charge in [-0.1, -0.05) is 53.2 Å². The molecule has 0 aliphatic heterocycles. The number of aliphatic hydroxyl groups is 1. The topological polar surface area (TPSA) is 46.5 Å². The van der Waals surface area contributed by atoms with Crippen LogP contribution in [0.3, 0.4) is 0 Å². The third kappa shape index (κ3) is 3.21. The van der Waals surface area contributed by atoms with E-state index in [1.807, 2.05) is 0 Å². The second kappa shape index (κ2) is 7.95. The number of rotatable bonds is 2. The zero-order valence-corrected chi connectivity index (χ0v) is 23.7. The second-order valence-electron chi connectivity index (χ2n) is 14.6. The maximum atomic E-state index is 11.9. The van der Waals surface area contributed by atoms with Gasteiger partial charge in [-0.3, -0.25) is 4.79 Å². The molecule has 5 aliphatic rings. The van der Waals surface area contributed by atoms with Gasteiger partial charge in [-0.25, -0.2) is 0 Å². The van der Waals surface area contributed by atoms with Gasteiger partial charge in [0.25, 0.3) is 0 Å². The summed E-state index contributed by atoms with van der Waals surface area (Å²) >= 11 is 0. The highest BCUT2D eigenvalue weighted by Gasteiger charge is 2.67. The van der Waals surface area contributed by atoms with Crippen LogP contribution in [0.1, 0.15) is 113 Å². The summed E-state index contributed by atoms with van der Waals surface area (Å²) in [4.78, 5) is 11.9. The second-order valence-corrected chi connectivity index (χ2v) is 14.6. The molecule has 0 aromatic rings. The quantitative estimate of drug-likeness (QED) is 0.412. The summed E-state index contributed by atoms with van der Waals surface area (Å²) in [5.41, 5.74) is 5.36. The first-order valence-corrected chi connectivity index (χ1v) is 14.5. The van der Waals surface area contributed by atoms with E-state index in [0.29, 0.717) is 24.4 Å². The molecule has 8 unspecified atom stereocenters. The van der Waals surface area contributed by atoms with Gasteiger partial charge in [-0.15, -0.1) is 0 Å². The zero-order chi connectivity index (χ0) is 25.6. The van der Waals surface area contributed by atoms with E-state index < -0.39 is 0 Å². The van der Waals surface area contributed by atoms with E-state index in [-0.39, 0.29) is 39.1 Å². The Hall–Kier alpha value is -1.09. The lowest BCUT2D eigenvalue weighted by molar-refractivity contribution is -0.208. The van der Waals surface area contributed by atoms with Gasteiger partial charge in [0.2, 0.25) is 0 Å². The fraction of sp³-hybridized carbons (Fsp3) is 0.844. The molecule has 0 heterocycles. The molecule has 3 nitrogen and oxygen atoms in total. The average molecular weight is 483 g/mol. The molecular weight excluding hydrogens is 432 g/mol. The number of hydrogen-bond donors (Lipinski definition) is 1. The predicted octanol–water partition coefficient (Wildman–Crippen LogP) is 7.63. The molecule has 1 N–H and O–H groups in total. The number of fused-ring (bicyclic) bond motifs is 7. The van der Waals surface area contributed by atoms with Crippen LogP contribution in [0.5, 0.6) is 0 Å². The monoisotopic (exact) mass is 482 g/mol. The van der Waals surface area contributed by atoms with Crippen LogP contribution in [0.4, 0.5) is 0 Å². The Bertz CT molecular complexity index is 973. The molecular formula is C32H50O3. The highest BCUT2D eigenvalue weighted by molar-refractivity contribution is 5.66. The van der Waals surface area contributed by atoms with Gasteiger partial charge in [0.15, 0.2) is 0 Å². The molecule has 35 heavy (non-hydrogen) atoms. The maximum Gasteiger partial charge on any atom is 0.302 e. The molecule has 5 rings (SSSR count). The van der Waals surface area contributed by atoms with Crippen molar-refractivity contribution in [3.63, 3.8) is 0 Å². The van der Waals surface area contributed by atoms with Crippen LogP contribution < -0.4 is 0 Å². The van der Waals surface area contributed by atoms with Gasteiger partial charge < -0.3 is 9.84 Å². The van der Waals surface area contributed by atoms with Crippen molar-refractivity contribution >= 4 is 5.97 Å². The van der Waals surface area contributed by atoms with Crippen LogP contribution in [0.25, 0.3) is 0 Å². The van der Waals surface area contributed by atoms with E-state index in [4.69, 9.17) is 4.74 Å². The van der Waals surface area contributed by atoms with E-state index >= 15 is 0 Å². The number of esters is 1. The highest BCUT2D eigenvalue weighted by atomic mass is 16.5. The summed E-state index contributed by atoms with van der Waals surface area (Å²) in [5.74, 6) is 1.69. The fourth-order valence-corrected chi connectivity index (χ4v) is 10.7. The Kier molecular flexibility index (Phi) is 5.81. The summed E-state index contributed by atoms with van der Waals surface area (Å²) in [5, 5.41) is 10.7. The fourth-order valence-electron chi connectivity index (χ4n) is 10.7. The SMILES string of the molecule is CC(=O)OC1CCC2(C)C(CCC3(C)C2CC=C2C4=C(C)C(C)CCC4(CO)CCC23C)C1(C)C. The number of aliphatic hydroxyl groups excluding tert-OH is 1. The third-order valence-corrected chi connectivity index (χ3v) is 13.1. The number of hydrogen-bond acceptors (Lipinski definition) is 3. The number of ether oxygens (including phenoxy) is 1. The Labute approximate surface area is 214 Å². The minimum absolute atomic E-state index is 0.00141. The summed E-state index contributed by atoms with van der Waals surface area (Å²) in [6.07, 6.45) is 13.1. The number of allylic oxidation sites excluding steroid dienone is 3. The van der Waals surface area contributed by atoms with Crippen molar-refractivity contribution in [2.45, 2.75) is 119 Å². The lowest BCUT2D eigenvalue weighted by Gasteiger charge is -2.70. The standard InChI is InChI=1S/C32H50O3/c1-20-11-16-32(19-33)18-17-30(7)23(27(32)21(20)2)9-10-25-29(6)14-13-26(35-22(3)34)28(4,5)24(29)12-15-31(25,30)8/h9,20,24-26,33H,10-19H2,1-8H3. The Balaban J connectivity index is 1.58. The summed E-state index contributed by atoms with van der Waals surface area (Å²) in [6.45, 7) is 19.1. The molecule has 0 radical (unpaired) electrons. The highest BCUT2D eigenvalue weighted by Crippen LogP contribution is 2.75. The van der Waals surface area contributed by atoms with Gasteiger partial charge >= 0.3 is 5.97 Å². The number of carbonyl (C=O) groups is 1. The maximum absolute atomic E-state index is 11.9. The smallest absolute Gasteiger partial charge is 0.302 e. The van der Waals surface area contributed by atoms with Crippen molar-refractivity contribution in [1.82, 2.24) is 0 Å². The first-order valence-electron chi connectivity index (χ1n) is 14.5. The first kappa shape index (κ1) is 25.6. The zero-order valence-electron chi connectivity index (χ0n) is 23.7. The van der Waals surface area contributed by atoms with Gasteiger partial charge in [0.1, 0.15) is 6.10 Å². The molecule has 0 aromatic heterocycles. The third-order valence-electron chi connectivity index (χ3n) is 13.1. The molecule has 3 saturated carbocycles. The van der Waals surface area contributed by atoms with Crippen LogP contribution >= 0.6 is 0 Å². The normalized spacial score (nSPS) is 48.7. The van der Waals surface area contributed by atoms with E-state index in [1.165, 1.54) is 25.7 Å². The summed E-state index contributed by atoms with van der Waals surface area (Å²) in [7, 11) is 0. The first-order chi connectivity index (χ1) is 16.3. The molecule has 0 bridgehead atoms. The van der Waals surface area contributed by atoms with E-state index in [1.54, 1.807) is 23.6 Å². The number of carbonyl (C=O) groups excluding carboxylic acids is 1. The van der Waals surface area contributed by atoms with Crippen molar-refractivity contribution in [2.75, 3.05) is 6.61 Å². The molecule has 3 heteroatoms. The Morgan fingerprint density at radius 3 is 2.37 bits per heavy atom. The summed E-state index contributed by atoms with van der Waals surface area (Å²) < 4.78 is 5.89. The van der Waals surface area contributed by atoms with Crippen molar-refractivity contribution in [3.05, 3.63) is 22.8 Å². The van der Waals surface area contributed by atoms with Crippen molar-refractivity contribution in [1.29, 1.82) is 0 Å². The minimum atomic E-state index is -0.134. The van der Waals surface area contributed by atoms with Crippen LogP contribution in [0, 0.1) is 44.8 Å². The van der Waals surface area contributed by atoms with Gasteiger partial charge in [-0.05, 0) is 110 Å². The van der Waals surface area contributed by atoms with Gasteiger partial charge in [0.05, 0.1) is 6.61 Å². The van der Waals surface area contributed by atoms with Crippen molar-refractivity contribution < 1.29 is 14.6 Å². The molecule has 5 aliphatic carbocycles. The lowest BCUT2D eigenvalue weighted by Crippen LogP contribution is -2.64. The van der Waals surface area contributed by atoms with Crippen LogP contribution in [-0.2, 0) is 9.53 Å². The van der Waals surface area contributed by atoms with Gasteiger partial charge in [0, 0.05) is 17.8 Å². The average Bonchev–Trinajstić information content (AvgIpc) is 2.78. The predicted molar refractivity (Wildman–Crippen MR) is 142 cm³/mol. The van der Waals surface area contributed by atoms with Crippen molar-refractivity contribution in [3.8, 4) is 0 Å². The molecule has 196 valence electrons. The van der Waals surface area contributed by atoms with Gasteiger partial charge in [-0.2, -0.15) is 0 Å². The van der Waals surface area contributed by atoms with E-state index in [2.05, 4.69) is 54.5 Å². The van der Waals surface area contributed by atoms with E-state index in [9.17, 15) is 9.90 Å². The van der Waals surface area contributed by atoms with Crippen LogP contribution in [-0.4, -0.2) is 23.8 Å². The summed E-state index contributed by atoms with van der Waals surface area (Å²) in [6, 6.07) is 0. The van der Waals surface area contributed by atoms with E-state index in [0.717, 1.165) is 32.1 Å². The van der Waals surface area contributed by atoms with Crippen molar-refractivity contribution in [2.24, 2.45) is 44.8 Å². The largest absolute Gasteiger partial charge is 0.462 e. The molecule has 0 saturated heterocycles. The molecule has 0 spiro atoms. The molecule has 3 fully saturated rings. The van der Waals surface area contributed by atoms with Crippen LogP contribution in [0.15, 0.2) is 22.8 Å². The minimum Gasteiger partial charge on any atom is -0.462 e. The lowest BCUT2D eigenvalue weighted by atomic mass is 9.34. The molecule has 0 amide bonds.